The van der Waals surface area contributed by atoms with Crippen molar-refractivity contribution in [2.75, 3.05) is 19.8 Å². The third-order valence-electron chi connectivity index (χ3n) is 12.3. The first-order valence-electron chi connectivity index (χ1n) is 27.2. The molecule has 0 amide bonds. The Balaban J connectivity index is 4.14. The molecule has 0 aliphatic heterocycles. The average Bonchev–Trinajstić information content (AvgIpc) is 3.25. The number of carbonyl (C=O) groups is 2. The van der Waals surface area contributed by atoms with Gasteiger partial charge in [0.25, 0.3) is 0 Å². The molecular formula is C55H106O5. The van der Waals surface area contributed by atoms with E-state index in [1.165, 1.54) is 231 Å². The Morgan fingerprint density at radius 3 is 1.07 bits per heavy atom. The molecule has 0 aromatic carbocycles. The van der Waals surface area contributed by atoms with Crippen molar-refractivity contribution in [2.45, 2.75) is 309 Å². The summed E-state index contributed by atoms with van der Waals surface area (Å²) in [5, 5.41) is 0. The molecule has 0 N–H and O–H groups in total. The molecule has 0 aliphatic carbocycles. The van der Waals surface area contributed by atoms with E-state index in [4.69, 9.17) is 14.2 Å². The van der Waals surface area contributed by atoms with E-state index in [1.54, 1.807) is 0 Å². The van der Waals surface area contributed by atoms with Gasteiger partial charge in [-0.25, -0.2) is 0 Å². The van der Waals surface area contributed by atoms with Crippen molar-refractivity contribution in [2.24, 2.45) is 0 Å². The number of rotatable bonds is 51. The number of unbranched alkanes of at least 4 members (excludes halogenated alkanes) is 38. The number of hydrogen-bond acceptors (Lipinski definition) is 5. The maximum atomic E-state index is 12.8. The van der Waals surface area contributed by atoms with Gasteiger partial charge in [-0.05, 0) is 38.5 Å². The minimum atomic E-state index is -0.529. The van der Waals surface area contributed by atoms with Gasteiger partial charge in [0.05, 0.1) is 6.61 Å². The van der Waals surface area contributed by atoms with Crippen LogP contribution in [0.25, 0.3) is 0 Å². The Labute approximate surface area is 375 Å². The third kappa shape index (κ3) is 49.3. The zero-order chi connectivity index (χ0) is 43.5. The lowest BCUT2D eigenvalue weighted by Crippen LogP contribution is -2.30. The molecule has 60 heavy (non-hydrogen) atoms. The minimum absolute atomic E-state index is 0.0925. The maximum absolute atomic E-state index is 12.8. The van der Waals surface area contributed by atoms with Gasteiger partial charge in [-0.15, -0.1) is 0 Å². The highest BCUT2D eigenvalue weighted by Gasteiger charge is 2.17. The second-order valence-corrected chi connectivity index (χ2v) is 18.5. The predicted molar refractivity (Wildman–Crippen MR) is 261 cm³/mol. The zero-order valence-corrected chi connectivity index (χ0v) is 41.0. The van der Waals surface area contributed by atoms with Gasteiger partial charge in [-0.2, -0.15) is 0 Å². The lowest BCUT2D eigenvalue weighted by atomic mass is 10.0. The third-order valence-corrected chi connectivity index (χ3v) is 12.3. The molecule has 0 heterocycles. The molecule has 1 unspecified atom stereocenters. The summed E-state index contributed by atoms with van der Waals surface area (Å²) < 4.78 is 17.4. The van der Waals surface area contributed by atoms with Gasteiger partial charge >= 0.3 is 11.9 Å². The Hall–Kier alpha value is -1.36. The van der Waals surface area contributed by atoms with Crippen molar-refractivity contribution in [3.8, 4) is 0 Å². The monoisotopic (exact) mass is 847 g/mol. The van der Waals surface area contributed by atoms with Crippen LogP contribution in [0.4, 0.5) is 0 Å². The van der Waals surface area contributed by atoms with Gasteiger partial charge in [-0.3, -0.25) is 9.59 Å². The first-order valence-corrected chi connectivity index (χ1v) is 27.2. The molecular weight excluding hydrogens is 741 g/mol. The van der Waals surface area contributed by atoms with Gasteiger partial charge in [-0.1, -0.05) is 264 Å². The van der Waals surface area contributed by atoms with Crippen LogP contribution in [0.3, 0.4) is 0 Å². The summed E-state index contributed by atoms with van der Waals surface area (Å²) in [6, 6.07) is 0. The van der Waals surface area contributed by atoms with Crippen LogP contribution in [-0.4, -0.2) is 37.9 Å². The first kappa shape index (κ1) is 58.6. The number of ether oxygens (including phenoxy) is 3. The summed E-state index contributed by atoms with van der Waals surface area (Å²) in [6.07, 6.45) is 59.4. The molecule has 0 saturated heterocycles. The normalized spacial score (nSPS) is 12.1. The number of esters is 2. The van der Waals surface area contributed by atoms with Crippen LogP contribution in [0.1, 0.15) is 303 Å². The van der Waals surface area contributed by atoms with Crippen molar-refractivity contribution in [1.29, 1.82) is 0 Å². The van der Waals surface area contributed by atoms with Crippen LogP contribution in [-0.2, 0) is 23.8 Å². The van der Waals surface area contributed by atoms with E-state index >= 15 is 0 Å². The minimum Gasteiger partial charge on any atom is -0.462 e. The Kier molecular flexibility index (Phi) is 50.8. The number of allylic oxidation sites excluding steroid dienone is 2. The smallest absolute Gasteiger partial charge is 0.306 e. The van der Waals surface area contributed by atoms with Gasteiger partial charge in [0, 0.05) is 19.4 Å². The summed E-state index contributed by atoms with van der Waals surface area (Å²) >= 11 is 0. The van der Waals surface area contributed by atoms with E-state index in [0.717, 1.165) is 38.5 Å². The van der Waals surface area contributed by atoms with E-state index in [9.17, 15) is 9.59 Å². The molecule has 5 heteroatoms. The number of hydrogen-bond donors (Lipinski definition) is 0. The standard InChI is InChI=1S/C55H106O5/c1-4-7-10-13-16-19-22-25-26-27-28-29-30-32-33-36-39-42-45-48-54(56)59-52-53(51-58-50-47-44-41-38-35-24-21-18-15-12-9-6-3)60-55(57)49-46-43-40-37-34-31-23-20-17-14-11-8-5-2/h15,18,53H,4-14,16-17,19-52H2,1-3H3/b18-15-. The van der Waals surface area contributed by atoms with E-state index in [1.807, 2.05) is 0 Å². The molecule has 0 aromatic rings. The first-order chi connectivity index (χ1) is 29.6. The summed E-state index contributed by atoms with van der Waals surface area (Å²) in [5.41, 5.74) is 0. The SMILES string of the molecule is CCCC/C=C\CCCCCCCCOCC(COC(=O)CCCCCCCCCCCCCCCCCCCCC)OC(=O)CCCCCCCCCCCCCCC. The summed E-state index contributed by atoms with van der Waals surface area (Å²) in [7, 11) is 0. The van der Waals surface area contributed by atoms with Crippen molar-refractivity contribution in [3.63, 3.8) is 0 Å². The fourth-order valence-corrected chi connectivity index (χ4v) is 8.20. The molecule has 0 aromatic heterocycles. The fraction of sp³-hybridized carbons (Fsp3) is 0.927. The summed E-state index contributed by atoms with van der Waals surface area (Å²) in [5.74, 6) is -0.377. The highest BCUT2D eigenvalue weighted by Crippen LogP contribution is 2.17. The lowest BCUT2D eigenvalue weighted by Gasteiger charge is -2.18. The van der Waals surface area contributed by atoms with Crippen LogP contribution in [0.5, 0.6) is 0 Å². The largest absolute Gasteiger partial charge is 0.462 e. The predicted octanol–water partition coefficient (Wildman–Crippen LogP) is 18.2. The van der Waals surface area contributed by atoms with Gasteiger partial charge < -0.3 is 14.2 Å². The average molecular weight is 847 g/mol. The molecule has 1 atom stereocenters. The van der Waals surface area contributed by atoms with E-state index < -0.39 is 6.10 Å². The van der Waals surface area contributed by atoms with Gasteiger partial charge in [0.15, 0.2) is 6.10 Å². The van der Waals surface area contributed by atoms with Gasteiger partial charge in [0.2, 0.25) is 0 Å². The Morgan fingerprint density at radius 2 is 0.667 bits per heavy atom. The summed E-state index contributed by atoms with van der Waals surface area (Å²) in [4.78, 5) is 25.4. The molecule has 0 spiro atoms. The van der Waals surface area contributed by atoms with Crippen molar-refractivity contribution in [3.05, 3.63) is 12.2 Å². The van der Waals surface area contributed by atoms with Crippen LogP contribution in [0.2, 0.25) is 0 Å². The van der Waals surface area contributed by atoms with Crippen molar-refractivity contribution < 1.29 is 23.8 Å². The molecule has 0 radical (unpaired) electrons. The van der Waals surface area contributed by atoms with E-state index in [-0.39, 0.29) is 18.5 Å². The highest BCUT2D eigenvalue weighted by atomic mass is 16.6. The zero-order valence-electron chi connectivity index (χ0n) is 41.0. The van der Waals surface area contributed by atoms with E-state index in [0.29, 0.717) is 26.1 Å². The molecule has 5 nitrogen and oxygen atoms in total. The van der Waals surface area contributed by atoms with Crippen LogP contribution in [0, 0.1) is 0 Å². The second-order valence-electron chi connectivity index (χ2n) is 18.5. The van der Waals surface area contributed by atoms with E-state index in [2.05, 4.69) is 32.9 Å². The molecule has 356 valence electrons. The molecule has 0 fully saturated rings. The maximum Gasteiger partial charge on any atom is 0.306 e. The van der Waals surface area contributed by atoms with Crippen LogP contribution >= 0.6 is 0 Å². The summed E-state index contributed by atoms with van der Waals surface area (Å²) in [6.45, 7) is 7.85. The van der Waals surface area contributed by atoms with Crippen molar-refractivity contribution >= 4 is 11.9 Å². The van der Waals surface area contributed by atoms with Gasteiger partial charge in [0.1, 0.15) is 6.61 Å². The van der Waals surface area contributed by atoms with Crippen molar-refractivity contribution in [1.82, 2.24) is 0 Å². The second kappa shape index (κ2) is 52.0. The topological polar surface area (TPSA) is 61.8 Å². The number of carbonyl (C=O) groups excluding carboxylic acids is 2. The molecule has 0 saturated carbocycles. The Morgan fingerprint density at radius 1 is 0.350 bits per heavy atom. The fourth-order valence-electron chi connectivity index (χ4n) is 8.20. The lowest BCUT2D eigenvalue weighted by molar-refractivity contribution is -0.163. The Bertz CT molecular complexity index is 871. The quantitative estimate of drug-likeness (QED) is 0.0347. The van der Waals surface area contributed by atoms with Crippen LogP contribution in [0.15, 0.2) is 12.2 Å². The molecule has 0 rings (SSSR count). The van der Waals surface area contributed by atoms with Crippen LogP contribution < -0.4 is 0 Å². The molecule has 0 bridgehead atoms. The highest BCUT2D eigenvalue weighted by molar-refractivity contribution is 5.70. The molecule has 0 aliphatic rings.